The van der Waals surface area contributed by atoms with Gasteiger partial charge in [0.1, 0.15) is 6.10 Å². The molecule has 28 heavy (non-hydrogen) atoms. The van der Waals surface area contributed by atoms with Crippen LogP contribution in [0.15, 0.2) is 23.3 Å². The summed E-state index contributed by atoms with van der Waals surface area (Å²) >= 11 is 0. The van der Waals surface area contributed by atoms with E-state index in [1.807, 2.05) is 12.3 Å². The van der Waals surface area contributed by atoms with E-state index in [0.717, 1.165) is 49.9 Å². The van der Waals surface area contributed by atoms with Crippen LogP contribution in [-0.2, 0) is 11.3 Å². The number of hydrogen-bond donors (Lipinski definition) is 1. The van der Waals surface area contributed by atoms with Crippen molar-refractivity contribution >= 4 is 5.96 Å². The number of fused-ring (bicyclic) bond motifs is 5. The summed E-state index contributed by atoms with van der Waals surface area (Å²) in [6, 6.07) is 4.08. The third-order valence-electron chi connectivity index (χ3n) is 6.92. The van der Waals surface area contributed by atoms with E-state index in [-0.39, 0.29) is 0 Å². The van der Waals surface area contributed by atoms with E-state index in [0.29, 0.717) is 36.7 Å². The minimum Gasteiger partial charge on any atom is -0.474 e. The van der Waals surface area contributed by atoms with Crippen molar-refractivity contribution in [2.75, 3.05) is 19.6 Å². The van der Waals surface area contributed by atoms with Crippen molar-refractivity contribution in [1.82, 2.24) is 15.2 Å². The summed E-state index contributed by atoms with van der Waals surface area (Å²) in [5.41, 5.74) is 1.08. The summed E-state index contributed by atoms with van der Waals surface area (Å²) in [4.78, 5) is 11.9. The number of likely N-dealkylation sites (tertiary alicyclic amines) is 1. The highest BCUT2D eigenvalue weighted by atomic mass is 16.5. The molecule has 6 heteroatoms. The van der Waals surface area contributed by atoms with E-state index in [1.165, 1.54) is 25.7 Å². The van der Waals surface area contributed by atoms with Crippen LogP contribution < -0.4 is 10.1 Å². The Morgan fingerprint density at radius 1 is 1.21 bits per heavy atom. The van der Waals surface area contributed by atoms with E-state index < -0.39 is 0 Å². The average Bonchev–Trinajstić information content (AvgIpc) is 3.49. The predicted octanol–water partition coefficient (Wildman–Crippen LogP) is 2.98. The zero-order valence-corrected chi connectivity index (χ0v) is 16.8. The maximum Gasteiger partial charge on any atom is 0.218 e. The van der Waals surface area contributed by atoms with Crippen molar-refractivity contribution in [3.05, 3.63) is 23.9 Å². The SMILES string of the molecule is CCNC(=NCc1cccnc1OC1CCCC1)N1CC2C3CCC(O3)C2C1. The summed E-state index contributed by atoms with van der Waals surface area (Å²) in [7, 11) is 0. The fourth-order valence-electron chi connectivity index (χ4n) is 5.53. The number of nitrogens with one attached hydrogen (secondary N) is 1. The summed E-state index contributed by atoms with van der Waals surface area (Å²) < 4.78 is 12.3. The third kappa shape index (κ3) is 3.47. The van der Waals surface area contributed by atoms with Gasteiger partial charge >= 0.3 is 0 Å². The molecule has 3 saturated heterocycles. The van der Waals surface area contributed by atoms with Crippen molar-refractivity contribution in [2.45, 2.75) is 70.3 Å². The number of nitrogens with zero attached hydrogens (tertiary/aromatic N) is 3. The largest absolute Gasteiger partial charge is 0.474 e. The lowest BCUT2D eigenvalue weighted by atomic mass is 9.82. The van der Waals surface area contributed by atoms with Gasteiger partial charge in [0.25, 0.3) is 0 Å². The van der Waals surface area contributed by atoms with Gasteiger partial charge in [-0.3, -0.25) is 0 Å². The fraction of sp³-hybridized carbons (Fsp3) is 0.727. The standard InChI is InChI=1S/C22H32N4O2/c1-2-23-22(26-13-17-18(14-26)20-10-9-19(17)28-20)25-12-15-6-5-11-24-21(15)27-16-7-3-4-8-16/h5-6,11,16-20H,2-4,7-10,12-14H2,1H3,(H,23,25). The first-order valence-electron chi connectivity index (χ1n) is 11.1. The zero-order valence-electron chi connectivity index (χ0n) is 16.8. The second kappa shape index (κ2) is 7.90. The van der Waals surface area contributed by atoms with Gasteiger partial charge in [-0.15, -0.1) is 0 Å². The van der Waals surface area contributed by atoms with Gasteiger partial charge in [0, 0.05) is 43.2 Å². The maximum atomic E-state index is 6.19. The van der Waals surface area contributed by atoms with Crippen LogP contribution in [0.2, 0.25) is 0 Å². The number of ether oxygens (including phenoxy) is 2. The normalized spacial score (nSPS) is 32.2. The van der Waals surface area contributed by atoms with Gasteiger partial charge in [0.05, 0.1) is 18.8 Å². The molecule has 4 fully saturated rings. The van der Waals surface area contributed by atoms with Crippen LogP contribution in [0.5, 0.6) is 5.88 Å². The molecule has 0 amide bonds. The van der Waals surface area contributed by atoms with Crippen LogP contribution in [-0.4, -0.2) is 53.8 Å². The lowest BCUT2D eigenvalue weighted by Crippen LogP contribution is -2.41. The van der Waals surface area contributed by atoms with E-state index in [2.05, 4.69) is 28.2 Å². The van der Waals surface area contributed by atoms with Crippen molar-refractivity contribution in [2.24, 2.45) is 16.8 Å². The first-order valence-corrected chi connectivity index (χ1v) is 11.1. The van der Waals surface area contributed by atoms with Crippen molar-refractivity contribution in [3.63, 3.8) is 0 Å². The van der Waals surface area contributed by atoms with Crippen LogP contribution in [0.1, 0.15) is 51.0 Å². The number of pyridine rings is 1. The average molecular weight is 385 g/mol. The smallest absolute Gasteiger partial charge is 0.218 e. The Bertz CT molecular complexity index is 700. The quantitative estimate of drug-likeness (QED) is 0.625. The highest BCUT2D eigenvalue weighted by Gasteiger charge is 2.53. The summed E-state index contributed by atoms with van der Waals surface area (Å²) in [6.45, 7) is 5.75. The number of rotatable bonds is 5. The van der Waals surface area contributed by atoms with E-state index in [1.54, 1.807) is 0 Å². The van der Waals surface area contributed by atoms with E-state index in [4.69, 9.17) is 14.5 Å². The van der Waals surface area contributed by atoms with Crippen molar-refractivity contribution in [3.8, 4) is 5.88 Å². The molecule has 1 N–H and O–H groups in total. The minimum atomic E-state index is 0.319. The predicted molar refractivity (Wildman–Crippen MR) is 108 cm³/mol. The van der Waals surface area contributed by atoms with Gasteiger partial charge in [0.15, 0.2) is 5.96 Å². The summed E-state index contributed by atoms with van der Waals surface area (Å²) in [5, 5.41) is 3.50. The molecule has 0 aromatic carbocycles. The molecule has 1 aliphatic carbocycles. The molecule has 4 heterocycles. The number of hydrogen-bond acceptors (Lipinski definition) is 4. The Morgan fingerprint density at radius 3 is 2.68 bits per heavy atom. The molecule has 5 rings (SSSR count). The monoisotopic (exact) mass is 384 g/mol. The third-order valence-corrected chi connectivity index (χ3v) is 6.92. The molecule has 1 aromatic heterocycles. The molecule has 4 unspecified atom stereocenters. The fourth-order valence-corrected chi connectivity index (χ4v) is 5.53. The topological polar surface area (TPSA) is 59.0 Å². The lowest BCUT2D eigenvalue weighted by Gasteiger charge is -2.23. The minimum absolute atomic E-state index is 0.319. The highest BCUT2D eigenvalue weighted by Crippen LogP contribution is 2.47. The van der Waals surface area contributed by atoms with Gasteiger partial charge < -0.3 is 19.7 Å². The van der Waals surface area contributed by atoms with Crippen LogP contribution >= 0.6 is 0 Å². The molecule has 2 bridgehead atoms. The van der Waals surface area contributed by atoms with Crippen LogP contribution in [0.3, 0.4) is 0 Å². The Balaban J connectivity index is 1.28. The summed E-state index contributed by atoms with van der Waals surface area (Å²) in [5.74, 6) is 3.15. The molecule has 4 atom stereocenters. The number of guanidine groups is 1. The maximum absolute atomic E-state index is 6.19. The second-order valence-electron chi connectivity index (χ2n) is 8.69. The lowest BCUT2D eigenvalue weighted by molar-refractivity contribution is 0.0767. The molecule has 6 nitrogen and oxygen atoms in total. The molecule has 0 spiro atoms. The van der Waals surface area contributed by atoms with Gasteiger partial charge in [-0.05, 0) is 51.5 Å². The molecular weight excluding hydrogens is 352 g/mol. The van der Waals surface area contributed by atoms with Crippen LogP contribution in [0, 0.1) is 11.8 Å². The highest BCUT2D eigenvalue weighted by molar-refractivity contribution is 5.80. The van der Waals surface area contributed by atoms with Crippen LogP contribution in [0.25, 0.3) is 0 Å². The second-order valence-corrected chi connectivity index (χ2v) is 8.69. The van der Waals surface area contributed by atoms with Gasteiger partial charge in [0.2, 0.25) is 5.88 Å². The van der Waals surface area contributed by atoms with Crippen molar-refractivity contribution < 1.29 is 9.47 Å². The molecule has 1 saturated carbocycles. The Hall–Kier alpha value is -1.82. The van der Waals surface area contributed by atoms with Gasteiger partial charge in [-0.1, -0.05) is 6.07 Å². The van der Waals surface area contributed by atoms with Gasteiger partial charge in [-0.25, -0.2) is 9.98 Å². The molecule has 3 aliphatic heterocycles. The Kier molecular flexibility index (Phi) is 5.14. The number of aromatic nitrogens is 1. The molecule has 1 aromatic rings. The van der Waals surface area contributed by atoms with Crippen molar-refractivity contribution in [1.29, 1.82) is 0 Å². The molecule has 4 aliphatic rings. The Labute approximate surface area is 167 Å². The molecular formula is C22H32N4O2. The first-order chi connectivity index (χ1) is 13.8. The van der Waals surface area contributed by atoms with Crippen LogP contribution in [0.4, 0.5) is 0 Å². The molecule has 152 valence electrons. The van der Waals surface area contributed by atoms with E-state index in [9.17, 15) is 0 Å². The van der Waals surface area contributed by atoms with E-state index >= 15 is 0 Å². The van der Waals surface area contributed by atoms with Gasteiger partial charge in [-0.2, -0.15) is 0 Å². The summed E-state index contributed by atoms with van der Waals surface area (Å²) in [6.07, 6.45) is 10.4. The molecule has 0 radical (unpaired) electrons. The number of aliphatic imine (C=N–C) groups is 1. The Morgan fingerprint density at radius 2 is 1.96 bits per heavy atom. The first kappa shape index (κ1) is 18.2. The zero-order chi connectivity index (χ0) is 18.9.